The van der Waals surface area contributed by atoms with Gasteiger partial charge in [0.15, 0.2) is 0 Å². The predicted molar refractivity (Wildman–Crippen MR) is 118 cm³/mol. The maximum absolute atomic E-state index is 11.3. The number of rotatable bonds is 6. The number of carbonyl (C=O) groups is 1. The number of carbonyl (C=O) groups excluding carboxylic acids is 1. The van der Waals surface area contributed by atoms with Crippen molar-refractivity contribution in [3.8, 4) is 0 Å². The standard InChI is InChI=1S/C26H40O3/c1-17(7-5-8-18(2)27)23-12-13-24-20(9-6-14-26(23,24)4)10-11-21-15-22(28)16-25(29)19(21)3/h10-11,17,22-25,28-29H,3,5-9,12-16H2,1-2,4H3/b20-10+,21-11+/t17-,22+,23-,24+,25+,26-/m1/s1. The minimum atomic E-state index is -0.619. The van der Waals surface area contributed by atoms with E-state index < -0.39 is 12.2 Å². The maximum Gasteiger partial charge on any atom is 0.129 e. The van der Waals surface area contributed by atoms with Crippen LogP contribution in [0.5, 0.6) is 0 Å². The number of aliphatic hydroxyl groups is 2. The summed E-state index contributed by atoms with van der Waals surface area (Å²) in [6.45, 7) is 10.6. The van der Waals surface area contributed by atoms with Crippen molar-refractivity contribution in [2.45, 2.75) is 97.2 Å². The second-order valence-corrected chi connectivity index (χ2v) is 10.2. The van der Waals surface area contributed by atoms with Crippen molar-refractivity contribution in [3.63, 3.8) is 0 Å². The zero-order chi connectivity index (χ0) is 21.2. The summed E-state index contributed by atoms with van der Waals surface area (Å²) < 4.78 is 0. The Morgan fingerprint density at radius 2 is 2.07 bits per heavy atom. The molecular weight excluding hydrogens is 360 g/mol. The molecule has 3 heteroatoms. The highest BCUT2D eigenvalue weighted by molar-refractivity contribution is 5.75. The van der Waals surface area contributed by atoms with Gasteiger partial charge in [0, 0.05) is 12.8 Å². The van der Waals surface area contributed by atoms with E-state index in [4.69, 9.17) is 0 Å². The van der Waals surface area contributed by atoms with Gasteiger partial charge in [-0.2, -0.15) is 0 Å². The van der Waals surface area contributed by atoms with Crippen molar-refractivity contribution < 1.29 is 15.0 Å². The molecule has 29 heavy (non-hydrogen) atoms. The van der Waals surface area contributed by atoms with Gasteiger partial charge in [-0.05, 0) is 86.2 Å². The van der Waals surface area contributed by atoms with Crippen LogP contribution >= 0.6 is 0 Å². The second kappa shape index (κ2) is 9.31. The third-order valence-corrected chi connectivity index (χ3v) is 8.18. The topological polar surface area (TPSA) is 57.5 Å². The fourth-order valence-corrected chi connectivity index (χ4v) is 6.55. The van der Waals surface area contributed by atoms with Gasteiger partial charge in [0.05, 0.1) is 12.2 Å². The number of ketones is 1. The Morgan fingerprint density at radius 3 is 2.79 bits per heavy atom. The molecule has 3 aliphatic rings. The molecule has 2 N–H and O–H groups in total. The molecule has 0 aromatic rings. The Bertz CT molecular complexity index is 688. The predicted octanol–water partition coefficient (Wildman–Crippen LogP) is 5.52. The van der Waals surface area contributed by atoms with E-state index in [1.54, 1.807) is 12.5 Å². The molecule has 6 atom stereocenters. The minimum Gasteiger partial charge on any atom is -0.393 e. The lowest BCUT2D eigenvalue weighted by Gasteiger charge is -2.44. The van der Waals surface area contributed by atoms with Crippen LogP contribution in [0.2, 0.25) is 0 Å². The third-order valence-electron chi connectivity index (χ3n) is 8.18. The van der Waals surface area contributed by atoms with Crippen LogP contribution in [-0.4, -0.2) is 28.2 Å². The van der Waals surface area contributed by atoms with E-state index in [-0.39, 0.29) is 0 Å². The van der Waals surface area contributed by atoms with Crippen molar-refractivity contribution in [2.24, 2.45) is 23.2 Å². The largest absolute Gasteiger partial charge is 0.393 e. The van der Waals surface area contributed by atoms with Gasteiger partial charge < -0.3 is 15.0 Å². The molecule has 3 saturated carbocycles. The summed E-state index contributed by atoms with van der Waals surface area (Å²) in [5.74, 6) is 2.36. The number of fused-ring (bicyclic) bond motifs is 1. The van der Waals surface area contributed by atoms with E-state index in [1.807, 2.05) is 0 Å². The Balaban J connectivity index is 1.72. The first-order chi connectivity index (χ1) is 13.7. The molecule has 0 amide bonds. The van der Waals surface area contributed by atoms with Crippen LogP contribution < -0.4 is 0 Å². The molecule has 3 nitrogen and oxygen atoms in total. The summed E-state index contributed by atoms with van der Waals surface area (Å²) in [4.78, 5) is 11.3. The Labute approximate surface area is 177 Å². The van der Waals surface area contributed by atoms with Crippen molar-refractivity contribution in [1.82, 2.24) is 0 Å². The van der Waals surface area contributed by atoms with Crippen LogP contribution in [0, 0.1) is 23.2 Å². The second-order valence-electron chi connectivity index (χ2n) is 10.2. The van der Waals surface area contributed by atoms with Gasteiger partial charge in [-0.3, -0.25) is 0 Å². The first kappa shape index (κ1) is 22.5. The smallest absolute Gasteiger partial charge is 0.129 e. The Kier molecular flexibility index (Phi) is 7.22. The van der Waals surface area contributed by atoms with Gasteiger partial charge in [-0.1, -0.05) is 44.6 Å². The van der Waals surface area contributed by atoms with Crippen LogP contribution in [-0.2, 0) is 4.79 Å². The first-order valence-corrected chi connectivity index (χ1v) is 11.7. The monoisotopic (exact) mass is 400 g/mol. The van der Waals surface area contributed by atoms with Crippen molar-refractivity contribution in [3.05, 3.63) is 35.5 Å². The van der Waals surface area contributed by atoms with Gasteiger partial charge in [-0.15, -0.1) is 0 Å². The fraction of sp³-hybridized carbons (Fsp3) is 0.731. The number of hydrogen-bond acceptors (Lipinski definition) is 3. The summed E-state index contributed by atoms with van der Waals surface area (Å²) >= 11 is 0. The molecule has 0 spiro atoms. The van der Waals surface area contributed by atoms with Gasteiger partial charge >= 0.3 is 0 Å². The highest BCUT2D eigenvalue weighted by Gasteiger charge is 2.50. The number of hydrogen-bond donors (Lipinski definition) is 2. The zero-order valence-electron chi connectivity index (χ0n) is 18.6. The molecule has 3 fully saturated rings. The Morgan fingerprint density at radius 1 is 1.31 bits per heavy atom. The van der Waals surface area contributed by atoms with Crippen LogP contribution in [0.1, 0.15) is 85.0 Å². The highest BCUT2D eigenvalue weighted by atomic mass is 16.3. The molecule has 0 heterocycles. The van der Waals surface area contributed by atoms with E-state index in [0.29, 0.717) is 35.9 Å². The van der Waals surface area contributed by atoms with E-state index >= 15 is 0 Å². The fourth-order valence-electron chi connectivity index (χ4n) is 6.55. The maximum atomic E-state index is 11.3. The number of allylic oxidation sites excluding steroid dienone is 3. The molecule has 3 rings (SSSR count). The van der Waals surface area contributed by atoms with Gasteiger partial charge in [0.25, 0.3) is 0 Å². The van der Waals surface area contributed by atoms with E-state index in [9.17, 15) is 15.0 Å². The summed E-state index contributed by atoms with van der Waals surface area (Å²) in [6, 6.07) is 0. The van der Waals surface area contributed by atoms with Gasteiger partial charge in [0.2, 0.25) is 0 Å². The lowest BCUT2D eigenvalue weighted by Crippen LogP contribution is -2.36. The summed E-state index contributed by atoms with van der Waals surface area (Å²) in [5.41, 5.74) is 3.69. The molecule has 3 aliphatic carbocycles. The van der Waals surface area contributed by atoms with Crippen LogP contribution in [0.4, 0.5) is 0 Å². The van der Waals surface area contributed by atoms with E-state index in [0.717, 1.165) is 42.7 Å². The molecule has 162 valence electrons. The van der Waals surface area contributed by atoms with E-state index in [2.05, 4.69) is 32.6 Å². The average molecular weight is 401 g/mol. The molecule has 0 unspecified atom stereocenters. The summed E-state index contributed by atoms with van der Waals surface area (Å²) in [5, 5.41) is 20.1. The number of aliphatic hydroxyl groups excluding tert-OH is 2. The average Bonchev–Trinajstić information content (AvgIpc) is 3.00. The molecule has 0 aromatic carbocycles. The van der Waals surface area contributed by atoms with Gasteiger partial charge in [-0.25, -0.2) is 0 Å². The molecule has 0 aromatic heterocycles. The normalized spacial score (nSPS) is 39.0. The lowest BCUT2D eigenvalue weighted by atomic mass is 9.60. The quantitative estimate of drug-likeness (QED) is 0.617. The molecular formula is C26H40O3. The van der Waals surface area contributed by atoms with Crippen LogP contribution in [0.3, 0.4) is 0 Å². The summed E-state index contributed by atoms with van der Waals surface area (Å²) in [7, 11) is 0. The lowest BCUT2D eigenvalue weighted by molar-refractivity contribution is -0.117. The highest BCUT2D eigenvalue weighted by Crippen LogP contribution is 2.59. The SMILES string of the molecule is C=C1/C(=C/C=C2\CCC[C@]3(C)[C@@H]([C@H](C)CCCC(C)=O)CC[C@@H]23)C[C@H](O)C[C@@H]1O. The van der Waals surface area contributed by atoms with Crippen molar-refractivity contribution >= 4 is 5.78 Å². The molecule has 0 bridgehead atoms. The minimum absolute atomic E-state index is 0.308. The van der Waals surface area contributed by atoms with Gasteiger partial charge in [0.1, 0.15) is 5.78 Å². The Hall–Kier alpha value is -1.19. The third kappa shape index (κ3) is 4.94. The zero-order valence-corrected chi connectivity index (χ0v) is 18.6. The number of Topliss-reactive ketones (excluding diaryl/α,β-unsaturated/α-hetero) is 1. The molecule has 0 aliphatic heterocycles. The first-order valence-electron chi connectivity index (χ1n) is 11.7. The van der Waals surface area contributed by atoms with Crippen molar-refractivity contribution in [1.29, 1.82) is 0 Å². The van der Waals surface area contributed by atoms with Crippen molar-refractivity contribution in [2.75, 3.05) is 0 Å². The summed E-state index contributed by atoms with van der Waals surface area (Å²) in [6.07, 6.45) is 13.5. The molecule has 0 saturated heterocycles. The van der Waals surface area contributed by atoms with Crippen LogP contribution in [0.25, 0.3) is 0 Å². The van der Waals surface area contributed by atoms with E-state index in [1.165, 1.54) is 25.7 Å². The molecule has 0 radical (unpaired) electrons. The van der Waals surface area contributed by atoms with Crippen LogP contribution in [0.15, 0.2) is 35.5 Å².